The number of carboxylic acid groups (broad SMARTS) is 1. The summed E-state index contributed by atoms with van der Waals surface area (Å²) in [5.41, 5.74) is 2.24. The predicted octanol–water partition coefficient (Wildman–Crippen LogP) is 5.06. The molecule has 2 N–H and O–H groups in total. The zero-order valence-electron chi connectivity index (χ0n) is 14.9. The van der Waals surface area contributed by atoms with Gasteiger partial charge in [-0.2, -0.15) is 0 Å². The lowest BCUT2D eigenvalue weighted by molar-refractivity contribution is -0.133. The quantitative estimate of drug-likeness (QED) is 0.389. The van der Waals surface area contributed by atoms with Gasteiger partial charge in [0.15, 0.2) is 5.13 Å². The van der Waals surface area contributed by atoms with Crippen molar-refractivity contribution >= 4 is 34.2 Å². The summed E-state index contributed by atoms with van der Waals surface area (Å²) < 4.78 is 6.34. The molecular formula is C19H24N2O3S2. The van der Waals surface area contributed by atoms with E-state index in [2.05, 4.69) is 29.0 Å². The fourth-order valence-corrected chi connectivity index (χ4v) is 3.96. The maximum atomic E-state index is 10.6. The highest BCUT2D eigenvalue weighted by molar-refractivity contribution is 8.01. The second-order valence-corrected chi connectivity index (χ2v) is 7.99. The van der Waals surface area contributed by atoms with Crippen molar-refractivity contribution in [2.24, 2.45) is 0 Å². The summed E-state index contributed by atoms with van der Waals surface area (Å²) in [6, 6.07) is 8.26. The first kappa shape index (κ1) is 20.3. The number of carbonyl (C=O) groups is 1. The second kappa shape index (κ2) is 10.9. The molecule has 1 aromatic carbocycles. The highest BCUT2D eigenvalue weighted by atomic mass is 32.2. The maximum absolute atomic E-state index is 10.6. The zero-order chi connectivity index (χ0) is 18.8. The van der Waals surface area contributed by atoms with Crippen molar-refractivity contribution in [2.45, 2.75) is 36.8 Å². The van der Waals surface area contributed by atoms with Crippen LogP contribution >= 0.6 is 23.1 Å². The van der Waals surface area contributed by atoms with Gasteiger partial charge < -0.3 is 15.2 Å². The molecule has 0 bridgehead atoms. The molecule has 0 amide bonds. The molecule has 0 atom stereocenters. The Morgan fingerprint density at radius 2 is 2.12 bits per heavy atom. The largest absolute Gasteiger partial charge is 0.494 e. The maximum Gasteiger partial charge on any atom is 0.313 e. The number of ether oxygens (including phenoxy) is 1. The first-order chi connectivity index (χ1) is 12.6. The molecule has 1 heterocycles. The number of unbranched alkanes of at least 4 members (excludes halogenated alkanes) is 1. The van der Waals surface area contributed by atoms with Crippen LogP contribution in [0.25, 0.3) is 0 Å². The van der Waals surface area contributed by atoms with Crippen LogP contribution in [0.1, 0.15) is 31.7 Å². The number of nitrogens with one attached hydrogen (secondary N) is 1. The Hall–Kier alpha value is -1.99. The van der Waals surface area contributed by atoms with Crippen LogP contribution in [0.2, 0.25) is 0 Å². The third kappa shape index (κ3) is 7.49. The Bertz CT molecular complexity index is 714. The molecule has 26 heavy (non-hydrogen) atoms. The highest BCUT2D eigenvalue weighted by Gasteiger charge is 2.06. The molecule has 0 fully saturated rings. The molecule has 0 aliphatic rings. The summed E-state index contributed by atoms with van der Waals surface area (Å²) >= 11 is 2.73. The van der Waals surface area contributed by atoms with Gasteiger partial charge in [-0.25, -0.2) is 4.98 Å². The number of aryl methyl sites for hydroxylation is 1. The van der Waals surface area contributed by atoms with E-state index in [1.54, 1.807) is 6.20 Å². The summed E-state index contributed by atoms with van der Waals surface area (Å²) in [5, 5.41) is 12.7. The van der Waals surface area contributed by atoms with Gasteiger partial charge in [-0.05, 0) is 50.3 Å². The van der Waals surface area contributed by atoms with Crippen LogP contribution in [0.15, 0.2) is 46.9 Å². The van der Waals surface area contributed by atoms with Crippen LogP contribution in [-0.4, -0.2) is 28.4 Å². The average molecular weight is 393 g/mol. The SMILES string of the molecule is C=C(CCCCc1ccc(OCC)cc1)Nc1ncc(SCC(=O)O)s1. The van der Waals surface area contributed by atoms with Crippen molar-refractivity contribution < 1.29 is 14.6 Å². The van der Waals surface area contributed by atoms with E-state index in [-0.39, 0.29) is 5.75 Å². The molecule has 0 aliphatic carbocycles. The molecule has 2 aromatic rings. The van der Waals surface area contributed by atoms with Gasteiger partial charge in [0.1, 0.15) is 5.75 Å². The van der Waals surface area contributed by atoms with Crippen LogP contribution < -0.4 is 10.1 Å². The summed E-state index contributed by atoms with van der Waals surface area (Å²) in [5.74, 6) is 0.140. The topological polar surface area (TPSA) is 71.5 Å². The number of anilines is 1. The molecule has 0 aliphatic heterocycles. The van der Waals surface area contributed by atoms with Gasteiger partial charge in [0, 0.05) is 5.70 Å². The van der Waals surface area contributed by atoms with Gasteiger partial charge in [-0.15, -0.1) is 11.8 Å². The molecule has 5 nitrogen and oxygen atoms in total. The van der Waals surface area contributed by atoms with E-state index in [9.17, 15) is 4.79 Å². The van der Waals surface area contributed by atoms with Gasteiger partial charge in [-0.1, -0.05) is 30.0 Å². The van der Waals surface area contributed by atoms with Crippen molar-refractivity contribution in [3.05, 3.63) is 48.3 Å². The molecule has 0 saturated heterocycles. The van der Waals surface area contributed by atoms with E-state index < -0.39 is 5.97 Å². The Morgan fingerprint density at radius 1 is 1.35 bits per heavy atom. The third-order valence-corrected chi connectivity index (χ3v) is 5.63. The van der Waals surface area contributed by atoms with Crippen molar-refractivity contribution in [1.82, 2.24) is 4.98 Å². The summed E-state index contributed by atoms with van der Waals surface area (Å²) in [6.07, 6.45) is 5.75. The zero-order valence-corrected chi connectivity index (χ0v) is 16.5. The number of aromatic nitrogens is 1. The van der Waals surface area contributed by atoms with E-state index in [1.807, 2.05) is 19.1 Å². The fourth-order valence-electron chi connectivity index (χ4n) is 2.32. The molecule has 7 heteroatoms. The Morgan fingerprint density at radius 3 is 2.81 bits per heavy atom. The third-order valence-electron chi connectivity index (χ3n) is 3.53. The summed E-state index contributed by atoms with van der Waals surface area (Å²) in [4.78, 5) is 14.8. The molecule has 140 valence electrons. The predicted molar refractivity (Wildman–Crippen MR) is 108 cm³/mol. The lowest BCUT2D eigenvalue weighted by Gasteiger charge is -2.07. The number of thiazole rings is 1. The number of aliphatic carboxylic acids is 1. The number of hydrogen-bond donors (Lipinski definition) is 2. The molecule has 0 unspecified atom stereocenters. The van der Waals surface area contributed by atoms with Gasteiger partial charge in [-0.3, -0.25) is 4.79 Å². The Kier molecular flexibility index (Phi) is 8.50. The summed E-state index contributed by atoms with van der Waals surface area (Å²) in [7, 11) is 0. The molecule has 0 spiro atoms. The van der Waals surface area contributed by atoms with Crippen LogP contribution in [-0.2, 0) is 11.2 Å². The monoisotopic (exact) mass is 392 g/mol. The van der Waals surface area contributed by atoms with E-state index >= 15 is 0 Å². The van der Waals surface area contributed by atoms with Crippen LogP contribution in [0.5, 0.6) is 5.75 Å². The lowest BCUT2D eigenvalue weighted by atomic mass is 10.1. The van der Waals surface area contributed by atoms with Crippen molar-refractivity contribution in [3.63, 3.8) is 0 Å². The minimum atomic E-state index is -0.824. The fraction of sp³-hybridized carbons (Fsp3) is 0.368. The average Bonchev–Trinajstić information content (AvgIpc) is 3.06. The number of nitrogens with zero attached hydrogens (tertiary/aromatic N) is 1. The van der Waals surface area contributed by atoms with Crippen molar-refractivity contribution in [2.75, 3.05) is 17.7 Å². The van der Waals surface area contributed by atoms with Crippen molar-refractivity contribution in [1.29, 1.82) is 0 Å². The number of hydrogen-bond acceptors (Lipinski definition) is 6. The van der Waals surface area contributed by atoms with Gasteiger partial charge in [0.2, 0.25) is 0 Å². The molecular weight excluding hydrogens is 368 g/mol. The van der Waals surface area contributed by atoms with Gasteiger partial charge in [0.05, 0.1) is 22.8 Å². The van der Waals surface area contributed by atoms with E-state index in [1.165, 1.54) is 28.7 Å². The van der Waals surface area contributed by atoms with E-state index in [4.69, 9.17) is 9.84 Å². The highest BCUT2D eigenvalue weighted by Crippen LogP contribution is 2.29. The van der Waals surface area contributed by atoms with Crippen molar-refractivity contribution in [3.8, 4) is 5.75 Å². The van der Waals surface area contributed by atoms with E-state index in [0.29, 0.717) is 6.61 Å². The number of thioether (sulfide) groups is 1. The molecule has 1 aromatic heterocycles. The summed E-state index contributed by atoms with van der Waals surface area (Å²) in [6.45, 7) is 6.72. The van der Waals surface area contributed by atoms with Gasteiger partial charge >= 0.3 is 5.97 Å². The molecule has 2 rings (SSSR count). The van der Waals surface area contributed by atoms with E-state index in [0.717, 1.165) is 46.5 Å². The Labute approximate surface area is 162 Å². The smallest absolute Gasteiger partial charge is 0.313 e. The number of allylic oxidation sites excluding steroid dienone is 1. The minimum Gasteiger partial charge on any atom is -0.494 e. The number of benzene rings is 1. The van der Waals surface area contributed by atoms with Crippen LogP contribution in [0.3, 0.4) is 0 Å². The second-order valence-electron chi connectivity index (χ2n) is 5.68. The number of rotatable bonds is 12. The first-order valence-electron chi connectivity index (χ1n) is 8.53. The normalized spacial score (nSPS) is 10.5. The Balaban J connectivity index is 1.65. The van der Waals surface area contributed by atoms with Crippen LogP contribution in [0, 0.1) is 0 Å². The lowest BCUT2D eigenvalue weighted by Crippen LogP contribution is -1.98. The molecule has 0 saturated carbocycles. The first-order valence-corrected chi connectivity index (χ1v) is 10.3. The standard InChI is InChI=1S/C19H24N2O3S2/c1-3-24-16-10-8-15(9-11-16)7-5-4-6-14(2)21-19-20-12-18(26-19)25-13-17(22)23/h8-12H,2-7,13H2,1H3,(H,20,21)(H,22,23). The number of carboxylic acids is 1. The van der Waals surface area contributed by atoms with Gasteiger partial charge in [0.25, 0.3) is 0 Å². The van der Waals surface area contributed by atoms with Crippen LogP contribution in [0.4, 0.5) is 5.13 Å². The molecule has 0 radical (unpaired) electrons. The minimum absolute atomic E-state index is 0.0497.